The molecule has 7 heteroatoms. The van der Waals surface area contributed by atoms with Crippen LogP contribution in [0.4, 0.5) is 0 Å². The minimum atomic E-state index is -0.449. The average molecular weight is 299 g/mol. The van der Waals surface area contributed by atoms with E-state index in [4.69, 9.17) is 21.5 Å². The highest BCUT2D eigenvalue weighted by atomic mass is 35.5. The molecule has 2 aromatic rings. The molecular formula is C13H15ClN2O4. The van der Waals surface area contributed by atoms with Gasteiger partial charge in [-0.3, -0.25) is 4.79 Å². The van der Waals surface area contributed by atoms with Crippen LogP contribution in [0.5, 0.6) is 5.75 Å². The number of hydrogen-bond acceptors (Lipinski definition) is 4. The molecule has 0 saturated carbocycles. The highest BCUT2D eigenvalue weighted by Crippen LogP contribution is 2.28. The first-order valence-electron chi connectivity index (χ1n) is 5.75. The third-order valence-electron chi connectivity index (χ3n) is 2.38. The molecule has 0 fully saturated rings. The SMILES string of the molecule is CC(O)Cn1ccnc1-c1ccc(O)c(Cl)c1.O=CO. The Labute approximate surface area is 120 Å². The van der Waals surface area contributed by atoms with Crippen molar-refractivity contribution in [3.63, 3.8) is 0 Å². The van der Waals surface area contributed by atoms with E-state index in [0.29, 0.717) is 12.4 Å². The van der Waals surface area contributed by atoms with Crippen LogP contribution in [0.3, 0.4) is 0 Å². The van der Waals surface area contributed by atoms with E-state index < -0.39 is 6.10 Å². The Kier molecular flexibility index (Phi) is 6.02. The van der Waals surface area contributed by atoms with E-state index in [9.17, 15) is 10.2 Å². The van der Waals surface area contributed by atoms with Gasteiger partial charge in [-0.2, -0.15) is 0 Å². The van der Waals surface area contributed by atoms with Gasteiger partial charge in [-0.05, 0) is 25.1 Å². The van der Waals surface area contributed by atoms with Crippen molar-refractivity contribution in [2.24, 2.45) is 0 Å². The standard InChI is InChI=1S/C12H13ClN2O2.CH2O2/c1-8(16)7-15-5-4-14-12(15)9-2-3-11(17)10(13)6-9;2-1-3/h2-6,8,16-17H,7H2,1H3;1H,(H,2,3). The predicted molar refractivity (Wildman–Crippen MR) is 74.7 cm³/mol. The highest BCUT2D eigenvalue weighted by molar-refractivity contribution is 6.32. The number of benzene rings is 1. The predicted octanol–water partition coefficient (Wildman–Crippen LogP) is 1.99. The van der Waals surface area contributed by atoms with Crippen LogP contribution in [-0.2, 0) is 11.3 Å². The Hall–Kier alpha value is -2.05. The van der Waals surface area contributed by atoms with E-state index in [1.165, 1.54) is 6.07 Å². The number of aliphatic hydroxyl groups excluding tert-OH is 1. The monoisotopic (exact) mass is 298 g/mol. The lowest BCUT2D eigenvalue weighted by atomic mass is 10.2. The molecule has 108 valence electrons. The molecule has 1 atom stereocenters. The Morgan fingerprint density at radius 2 is 2.15 bits per heavy atom. The fraction of sp³-hybridized carbons (Fsp3) is 0.231. The van der Waals surface area contributed by atoms with Crippen LogP contribution in [0.1, 0.15) is 6.92 Å². The van der Waals surface area contributed by atoms with Gasteiger partial charge in [0, 0.05) is 24.5 Å². The summed E-state index contributed by atoms with van der Waals surface area (Å²) in [6, 6.07) is 4.92. The van der Waals surface area contributed by atoms with Crippen molar-refractivity contribution in [1.29, 1.82) is 0 Å². The summed E-state index contributed by atoms with van der Waals surface area (Å²) in [5, 5.41) is 25.9. The second-order valence-electron chi connectivity index (χ2n) is 4.02. The summed E-state index contributed by atoms with van der Waals surface area (Å²) in [5.41, 5.74) is 0.804. The number of phenols is 1. The summed E-state index contributed by atoms with van der Waals surface area (Å²) in [5.74, 6) is 0.761. The molecule has 20 heavy (non-hydrogen) atoms. The molecule has 0 saturated heterocycles. The first kappa shape index (κ1) is 16.0. The van der Waals surface area contributed by atoms with Gasteiger partial charge in [-0.15, -0.1) is 0 Å². The molecule has 3 N–H and O–H groups in total. The average Bonchev–Trinajstić information content (AvgIpc) is 2.81. The zero-order chi connectivity index (χ0) is 15.1. The summed E-state index contributed by atoms with van der Waals surface area (Å²) >= 11 is 5.85. The highest BCUT2D eigenvalue weighted by Gasteiger charge is 2.09. The van der Waals surface area contributed by atoms with E-state index in [-0.39, 0.29) is 17.2 Å². The maximum absolute atomic E-state index is 9.38. The first-order chi connectivity index (χ1) is 9.49. The van der Waals surface area contributed by atoms with Crippen LogP contribution in [0.2, 0.25) is 5.02 Å². The molecule has 6 nitrogen and oxygen atoms in total. The molecule has 1 heterocycles. The molecule has 1 unspecified atom stereocenters. The summed E-state index contributed by atoms with van der Waals surface area (Å²) in [6.45, 7) is 1.93. The molecule has 0 spiro atoms. The van der Waals surface area contributed by atoms with E-state index in [1.807, 2.05) is 4.57 Å². The second-order valence-corrected chi connectivity index (χ2v) is 4.43. The van der Waals surface area contributed by atoms with Crippen LogP contribution in [0, 0.1) is 0 Å². The molecule has 0 radical (unpaired) electrons. The number of imidazole rings is 1. The summed E-state index contributed by atoms with van der Waals surface area (Å²) < 4.78 is 1.84. The third-order valence-corrected chi connectivity index (χ3v) is 2.69. The molecule has 0 aliphatic carbocycles. The molecular weight excluding hydrogens is 284 g/mol. The molecule has 0 aliphatic rings. The largest absolute Gasteiger partial charge is 0.506 e. The molecule has 1 aromatic carbocycles. The lowest BCUT2D eigenvalue weighted by Crippen LogP contribution is -2.11. The minimum Gasteiger partial charge on any atom is -0.506 e. The van der Waals surface area contributed by atoms with Gasteiger partial charge in [0.15, 0.2) is 0 Å². The quantitative estimate of drug-likeness (QED) is 0.753. The van der Waals surface area contributed by atoms with Gasteiger partial charge in [0.25, 0.3) is 6.47 Å². The van der Waals surface area contributed by atoms with Gasteiger partial charge in [0.05, 0.1) is 11.1 Å². The Morgan fingerprint density at radius 3 is 2.70 bits per heavy atom. The zero-order valence-corrected chi connectivity index (χ0v) is 11.5. The number of halogens is 1. The van der Waals surface area contributed by atoms with Crippen LogP contribution in [0.25, 0.3) is 11.4 Å². The van der Waals surface area contributed by atoms with Crippen LogP contribution >= 0.6 is 11.6 Å². The van der Waals surface area contributed by atoms with E-state index in [0.717, 1.165) is 5.56 Å². The van der Waals surface area contributed by atoms with Gasteiger partial charge in [-0.25, -0.2) is 4.98 Å². The van der Waals surface area contributed by atoms with Crippen LogP contribution in [0.15, 0.2) is 30.6 Å². The van der Waals surface area contributed by atoms with E-state index in [2.05, 4.69) is 4.98 Å². The topological polar surface area (TPSA) is 95.6 Å². The molecule has 1 aromatic heterocycles. The second kappa shape index (κ2) is 7.52. The van der Waals surface area contributed by atoms with Crippen molar-refractivity contribution in [3.8, 4) is 17.1 Å². The number of carbonyl (C=O) groups is 1. The Balaban J connectivity index is 0.000000612. The van der Waals surface area contributed by atoms with Gasteiger partial charge in [0.1, 0.15) is 11.6 Å². The minimum absolute atomic E-state index is 0.0454. The van der Waals surface area contributed by atoms with Gasteiger partial charge < -0.3 is 19.9 Å². The number of aliphatic hydroxyl groups is 1. The van der Waals surface area contributed by atoms with Crippen molar-refractivity contribution in [3.05, 3.63) is 35.6 Å². The van der Waals surface area contributed by atoms with Gasteiger partial charge in [0.2, 0.25) is 0 Å². The maximum atomic E-state index is 9.38. The number of phenolic OH excluding ortho intramolecular Hbond substituents is 1. The number of rotatable bonds is 3. The van der Waals surface area contributed by atoms with E-state index >= 15 is 0 Å². The fourth-order valence-corrected chi connectivity index (χ4v) is 1.83. The van der Waals surface area contributed by atoms with Gasteiger partial charge >= 0.3 is 0 Å². The van der Waals surface area contributed by atoms with Crippen molar-refractivity contribution in [2.45, 2.75) is 19.6 Å². The Morgan fingerprint density at radius 1 is 1.50 bits per heavy atom. The number of aromatic hydroxyl groups is 1. The van der Waals surface area contributed by atoms with Crippen LogP contribution in [-0.4, -0.2) is 37.4 Å². The van der Waals surface area contributed by atoms with Crippen molar-refractivity contribution >= 4 is 18.1 Å². The summed E-state index contributed by atoms with van der Waals surface area (Å²) in [4.78, 5) is 12.6. The summed E-state index contributed by atoms with van der Waals surface area (Å²) in [7, 11) is 0. The maximum Gasteiger partial charge on any atom is 0.290 e. The number of carboxylic acid groups (broad SMARTS) is 1. The molecule has 0 bridgehead atoms. The van der Waals surface area contributed by atoms with Crippen molar-refractivity contribution in [2.75, 3.05) is 0 Å². The van der Waals surface area contributed by atoms with Crippen LogP contribution < -0.4 is 0 Å². The normalized spacial score (nSPS) is 11.3. The summed E-state index contributed by atoms with van der Waals surface area (Å²) in [6.07, 6.45) is 3.01. The molecule has 2 rings (SSSR count). The van der Waals surface area contributed by atoms with Gasteiger partial charge in [-0.1, -0.05) is 11.6 Å². The zero-order valence-electron chi connectivity index (χ0n) is 10.8. The number of aromatic nitrogens is 2. The Bertz CT molecular complexity index is 569. The smallest absolute Gasteiger partial charge is 0.290 e. The molecule has 0 aliphatic heterocycles. The van der Waals surface area contributed by atoms with Crippen molar-refractivity contribution < 1.29 is 20.1 Å². The molecule has 0 amide bonds. The number of hydrogen-bond donors (Lipinski definition) is 3. The van der Waals surface area contributed by atoms with E-state index in [1.54, 1.807) is 31.5 Å². The van der Waals surface area contributed by atoms with Crippen molar-refractivity contribution in [1.82, 2.24) is 9.55 Å². The fourth-order valence-electron chi connectivity index (χ4n) is 1.65. The lowest BCUT2D eigenvalue weighted by molar-refractivity contribution is -0.122. The lowest BCUT2D eigenvalue weighted by Gasteiger charge is -2.10. The third kappa shape index (κ3) is 4.25. The first-order valence-corrected chi connectivity index (χ1v) is 6.13. The number of nitrogens with zero attached hydrogens (tertiary/aromatic N) is 2.